The lowest BCUT2D eigenvalue weighted by atomic mass is 10.1. The number of carbonyl (C=O) groups excluding carboxylic acids is 2. The van der Waals surface area contributed by atoms with Crippen molar-refractivity contribution in [3.63, 3.8) is 0 Å². The summed E-state index contributed by atoms with van der Waals surface area (Å²) in [5, 5.41) is 3.94. The molecule has 1 atom stereocenters. The Balaban J connectivity index is 1.86. The highest BCUT2D eigenvalue weighted by Crippen LogP contribution is 2.28. The highest BCUT2D eigenvalue weighted by Gasteiger charge is 2.43. The summed E-state index contributed by atoms with van der Waals surface area (Å²) in [7, 11) is 3.25. The maximum Gasteiger partial charge on any atom is 0.257 e. The van der Waals surface area contributed by atoms with Gasteiger partial charge in [-0.15, -0.1) is 0 Å². The number of thiocarbonyl (C=S) groups is 1. The molecule has 6 nitrogen and oxygen atoms in total. The number of hydrogen-bond donors (Lipinski definition) is 1. The molecule has 0 radical (unpaired) electrons. The summed E-state index contributed by atoms with van der Waals surface area (Å²) in [6.45, 7) is 0.386. The van der Waals surface area contributed by atoms with E-state index in [1.807, 2.05) is 12.1 Å². The van der Waals surface area contributed by atoms with Crippen LogP contribution in [0.1, 0.15) is 12.0 Å². The van der Waals surface area contributed by atoms with Crippen molar-refractivity contribution in [1.29, 1.82) is 0 Å². The van der Waals surface area contributed by atoms with Crippen LogP contribution in [0.5, 0.6) is 5.75 Å². The van der Waals surface area contributed by atoms with Gasteiger partial charge in [0, 0.05) is 18.6 Å². The van der Waals surface area contributed by atoms with E-state index in [4.69, 9.17) is 28.6 Å². The number of nitrogens with zero attached hydrogens (tertiary/aromatic N) is 2. The van der Waals surface area contributed by atoms with E-state index in [0.29, 0.717) is 28.1 Å². The molecule has 1 unspecified atom stereocenters. The van der Waals surface area contributed by atoms with Gasteiger partial charge in [-0.05, 0) is 54.2 Å². The zero-order chi connectivity index (χ0) is 20.3. The third-order valence-corrected chi connectivity index (χ3v) is 5.26. The molecule has 0 spiro atoms. The van der Waals surface area contributed by atoms with Crippen molar-refractivity contribution in [3.8, 4) is 5.75 Å². The summed E-state index contributed by atoms with van der Waals surface area (Å²) in [4.78, 5) is 28.7. The summed E-state index contributed by atoms with van der Waals surface area (Å²) >= 11 is 11.4. The monoisotopic (exact) mass is 417 g/mol. The topological polar surface area (TPSA) is 61.9 Å². The number of amides is 2. The van der Waals surface area contributed by atoms with E-state index < -0.39 is 6.04 Å². The van der Waals surface area contributed by atoms with Crippen LogP contribution < -0.4 is 15.0 Å². The first-order chi connectivity index (χ1) is 13.4. The number of anilines is 1. The molecule has 1 aliphatic rings. The lowest BCUT2D eigenvalue weighted by Crippen LogP contribution is -2.48. The van der Waals surface area contributed by atoms with Crippen LogP contribution in [0.3, 0.4) is 0 Å². The molecule has 1 aliphatic heterocycles. The highest BCUT2D eigenvalue weighted by molar-refractivity contribution is 7.80. The minimum absolute atomic E-state index is 0.0558. The smallest absolute Gasteiger partial charge is 0.257 e. The molecular formula is C20H20ClN3O3S. The van der Waals surface area contributed by atoms with Gasteiger partial charge in [0.05, 0.1) is 19.2 Å². The zero-order valence-corrected chi connectivity index (χ0v) is 17.1. The Labute approximate surface area is 174 Å². The first kappa shape index (κ1) is 20.1. The number of rotatable bonds is 5. The van der Waals surface area contributed by atoms with Gasteiger partial charge in [-0.3, -0.25) is 9.59 Å². The number of methoxy groups -OCH3 is 1. The van der Waals surface area contributed by atoms with E-state index in [1.54, 1.807) is 55.5 Å². The Bertz CT molecular complexity index is 887. The second-order valence-corrected chi connectivity index (χ2v) is 7.12. The van der Waals surface area contributed by atoms with E-state index in [9.17, 15) is 9.59 Å². The minimum atomic E-state index is -0.676. The molecule has 146 valence electrons. The van der Waals surface area contributed by atoms with Gasteiger partial charge in [0.2, 0.25) is 5.91 Å². The average molecular weight is 418 g/mol. The Morgan fingerprint density at radius 3 is 2.43 bits per heavy atom. The molecule has 1 heterocycles. The Kier molecular flexibility index (Phi) is 6.16. The van der Waals surface area contributed by atoms with Crippen LogP contribution in [-0.2, 0) is 16.1 Å². The third-order valence-electron chi connectivity index (χ3n) is 4.57. The SMILES string of the molecule is CNC(=S)N(Cc1ccc(Cl)cc1)C1CC(=O)N(c2ccc(OC)cc2)C1=O. The van der Waals surface area contributed by atoms with E-state index in [-0.39, 0.29) is 18.2 Å². The van der Waals surface area contributed by atoms with E-state index in [2.05, 4.69) is 5.32 Å². The van der Waals surface area contributed by atoms with Crippen LogP contribution in [0.4, 0.5) is 5.69 Å². The van der Waals surface area contributed by atoms with Crippen LogP contribution in [0, 0.1) is 0 Å². The summed E-state index contributed by atoms with van der Waals surface area (Å²) in [5.41, 5.74) is 1.45. The van der Waals surface area contributed by atoms with Crippen molar-refractivity contribution < 1.29 is 14.3 Å². The fourth-order valence-electron chi connectivity index (χ4n) is 3.12. The van der Waals surface area contributed by atoms with Gasteiger partial charge in [-0.2, -0.15) is 0 Å². The van der Waals surface area contributed by atoms with Gasteiger partial charge in [0.25, 0.3) is 5.91 Å². The Morgan fingerprint density at radius 2 is 1.86 bits per heavy atom. The predicted octanol–water partition coefficient (Wildman–Crippen LogP) is 2.99. The molecule has 1 N–H and O–H groups in total. The largest absolute Gasteiger partial charge is 0.497 e. The molecule has 0 bridgehead atoms. The summed E-state index contributed by atoms with van der Waals surface area (Å²) in [6, 6.07) is 13.4. The lowest BCUT2D eigenvalue weighted by molar-refractivity contribution is -0.122. The van der Waals surface area contributed by atoms with Crippen molar-refractivity contribution in [3.05, 3.63) is 59.1 Å². The molecule has 0 aromatic heterocycles. The van der Waals surface area contributed by atoms with Gasteiger partial charge < -0.3 is 15.0 Å². The van der Waals surface area contributed by atoms with Crippen molar-refractivity contribution in [2.45, 2.75) is 19.0 Å². The van der Waals surface area contributed by atoms with Gasteiger partial charge in [0.15, 0.2) is 5.11 Å². The summed E-state index contributed by atoms with van der Waals surface area (Å²) in [6.07, 6.45) is 0.0558. The van der Waals surface area contributed by atoms with Crippen LogP contribution in [0.15, 0.2) is 48.5 Å². The molecule has 1 fully saturated rings. The average Bonchev–Trinajstić information content (AvgIpc) is 3.01. The molecule has 0 aliphatic carbocycles. The number of halogens is 1. The molecule has 1 saturated heterocycles. The number of imide groups is 1. The molecule has 28 heavy (non-hydrogen) atoms. The third kappa shape index (κ3) is 4.10. The molecule has 2 aromatic rings. The van der Waals surface area contributed by atoms with Crippen LogP contribution >= 0.6 is 23.8 Å². The number of carbonyl (C=O) groups is 2. The van der Waals surface area contributed by atoms with Crippen molar-refractivity contribution >= 4 is 46.4 Å². The predicted molar refractivity (Wildman–Crippen MR) is 113 cm³/mol. The minimum Gasteiger partial charge on any atom is -0.497 e. The van der Waals surface area contributed by atoms with E-state index >= 15 is 0 Å². The van der Waals surface area contributed by atoms with Gasteiger partial charge >= 0.3 is 0 Å². The van der Waals surface area contributed by atoms with Gasteiger partial charge in [0.1, 0.15) is 11.8 Å². The van der Waals surface area contributed by atoms with E-state index in [1.165, 1.54) is 4.90 Å². The second-order valence-electron chi connectivity index (χ2n) is 6.29. The van der Waals surface area contributed by atoms with E-state index in [0.717, 1.165) is 5.56 Å². The van der Waals surface area contributed by atoms with Gasteiger partial charge in [-0.1, -0.05) is 23.7 Å². The summed E-state index contributed by atoms with van der Waals surface area (Å²) in [5.74, 6) is 0.0852. The lowest BCUT2D eigenvalue weighted by Gasteiger charge is -2.29. The fourth-order valence-corrected chi connectivity index (χ4v) is 3.43. The zero-order valence-electron chi connectivity index (χ0n) is 15.5. The first-order valence-electron chi connectivity index (χ1n) is 8.68. The molecule has 0 saturated carbocycles. The standard InChI is InChI=1S/C20H20ClN3O3S/c1-22-20(28)23(12-13-3-5-14(21)6-4-13)17-11-18(25)24(19(17)26)15-7-9-16(27-2)10-8-15/h3-10,17H,11-12H2,1-2H3,(H,22,28). The van der Waals surface area contributed by atoms with Crippen molar-refractivity contribution in [2.24, 2.45) is 0 Å². The molecule has 2 amide bonds. The quantitative estimate of drug-likeness (QED) is 0.596. The molecule has 8 heteroatoms. The van der Waals surface area contributed by atoms with Crippen LogP contribution in [0.2, 0.25) is 5.02 Å². The fraction of sp³-hybridized carbons (Fsp3) is 0.250. The molecule has 3 rings (SSSR count). The second kappa shape index (κ2) is 8.58. The normalized spacial score (nSPS) is 16.2. The first-order valence-corrected chi connectivity index (χ1v) is 9.47. The highest BCUT2D eigenvalue weighted by atomic mass is 35.5. The number of benzene rings is 2. The maximum absolute atomic E-state index is 13.1. The van der Waals surface area contributed by atoms with Gasteiger partial charge in [-0.25, -0.2) is 4.90 Å². The number of hydrogen-bond acceptors (Lipinski definition) is 4. The number of ether oxygens (including phenoxy) is 1. The van der Waals surface area contributed by atoms with Crippen molar-refractivity contribution in [2.75, 3.05) is 19.1 Å². The number of nitrogens with one attached hydrogen (secondary N) is 1. The van der Waals surface area contributed by atoms with Crippen LogP contribution in [0.25, 0.3) is 0 Å². The molecule has 2 aromatic carbocycles. The van der Waals surface area contributed by atoms with Crippen LogP contribution in [-0.4, -0.2) is 42.0 Å². The Hall–Kier alpha value is -2.64. The maximum atomic E-state index is 13.1. The summed E-state index contributed by atoms with van der Waals surface area (Å²) < 4.78 is 5.13. The van der Waals surface area contributed by atoms with Crippen molar-refractivity contribution in [1.82, 2.24) is 10.2 Å². The Morgan fingerprint density at radius 1 is 1.21 bits per heavy atom. The molecular weight excluding hydrogens is 398 g/mol.